The van der Waals surface area contributed by atoms with Crippen LogP contribution in [0.1, 0.15) is 28.8 Å². The Bertz CT molecular complexity index is 818. The molecule has 24 heavy (non-hydrogen) atoms. The molecule has 0 aliphatic heterocycles. The highest BCUT2D eigenvalue weighted by Crippen LogP contribution is 2.21. The van der Waals surface area contributed by atoms with Gasteiger partial charge in [0, 0.05) is 35.3 Å². The van der Waals surface area contributed by atoms with Gasteiger partial charge in [-0.3, -0.25) is 9.48 Å². The Kier molecular flexibility index (Phi) is 4.46. The van der Waals surface area contributed by atoms with Gasteiger partial charge >= 0.3 is 0 Å². The first-order valence-electron chi connectivity index (χ1n) is 7.95. The van der Waals surface area contributed by atoms with Crippen molar-refractivity contribution in [2.24, 2.45) is 0 Å². The molecule has 6 nitrogen and oxygen atoms in total. The SMILES string of the molecule is Cc1nc(-c2ccc(C(=O)N[C@H](C)Cn3cccn3)cc2)c(C)[nH]1. The number of nitrogens with one attached hydrogen (secondary N) is 2. The fourth-order valence-electron chi connectivity index (χ4n) is 2.71. The van der Waals surface area contributed by atoms with Gasteiger partial charge in [-0.2, -0.15) is 5.10 Å². The maximum atomic E-state index is 12.3. The summed E-state index contributed by atoms with van der Waals surface area (Å²) in [4.78, 5) is 20.0. The quantitative estimate of drug-likeness (QED) is 0.758. The molecule has 0 aliphatic rings. The molecule has 0 saturated carbocycles. The van der Waals surface area contributed by atoms with E-state index in [-0.39, 0.29) is 11.9 Å². The standard InChI is InChI=1S/C18H21N5O/c1-12(11-23-10-4-9-19-23)20-18(24)16-7-5-15(6-8-16)17-13(2)21-14(3)22-17/h4-10,12H,11H2,1-3H3,(H,20,24)(H,21,22)/t12-/m1/s1. The van der Waals surface area contributed by atoms with Gasteiger partial charge in [-0.25, -0.2) is 4.98 Å². The molecule has 0 radical (unpaired) electrons. The van der Waals surface area contributed by atoms with Crippen LogP contribution in [0.2, 0.25) is 0 Å². The van der Waals surface area contributed by atoms with Gasteiger partial charge in [0.2, 0.25) is 0 Å². The predicted octanol–water partition coefficient (Wildman–Crippen LogP) is 2.71. The van der Waals surface area contributed by atoms with Crippen LogP contribution >= 0.6 is 0 Å². The molecular weight excluding hydrogens is 302 g/mol. The molecule has 124 valence electrons. The van der Waals surface area contributed by atoms with E-state index >= 15 is 0 Å². The number of hydrogen-bond donors (Lipinski definition) is 2. The summed E-state index contributed by atoms with van der Waals surface area (Å²) in [5.41, 5.74) is 3.58. The number of aromatic nitrogens is 4. The van der Waals surface area contributed by atoms with E-state index in [2.05, 4.69) is 20.4 Å². The van der Waals surface area contributed by atoms with Crippen LogP contribution in [0, 0.1) is 13.8 Å². The number of benzene rings is 1. The normalized spacial score (nSPS) is 12.1. The van der Waals surface area contributed by atoms with E-state index in [0.29, 0.717) is 12.1 Å². The highest BCUT2D eigenvalue weighted by molar-refractivity contribution is 5.94. The summed E-state index contributed by atoms with van der Waals surface area (Å²) in [7, 11) is 0. The Labute approximate surface area is 140 Å². The van der Waals surface area contributed by atoms with Crippen molar-refractivity contribution in [1.82, 2.24) is 25.1 Å². The van der Waals surface area contributed by atoms with Crippen molar-refractivity contribution in [2.75, 3.05) is 0 Å². The van der Waals surface area contributed by atoms with Crippen LogP contribution in [0.15, 0.2) is 42.7 Å². The Morgan fingerprint density at radius 2 is 2.04 bits per heavy atom. The molecule has 2 N–H and O–H groups in total. The summed E-state index contributed by atoms with van der Waals surface area (Å²) < 4.78 is 1.80. The van der Waals surface area contributed by atoms with Crippen molar-refractivity contribution in [2.45, 2.75) is 33.4 Å². The minimum Gasteiger partial charge on any atom is -0.348 e. The lowest BCUT2D eigenvalue weighted by atomic mass is 10.1. The van der Waals surface area contributed by atoms with Gasteiger partial charge in [-0.05, 0) is 39.0 Å². The van der Waals surface area contributed by atoms with E-state index < -0.39 is 0 Å². The number of amides is 1. The topological polar surface area (TPSA) is 75.6 Å². The minimum absolute atomic E-state index is 0.00619. The third kappa shape index (κ3) is 3.53. The minimum atomic E-state index is -0.0869. The molecule has 0 fully saturated rings. The molecule has 0 aliphatic carbocycles. The van der Waals surface area contributed by atoms with Crippen molar-refractivity contribution >= 4 is 5.91 Å². The number of H-pyrrole nitrogens is 1. The molecule has 1 aromatic carbocycles. The molecule has 3 rings (SSSR count). The number of aryl methyl sites for hydroxylation is 2. The highest BCUT2D eigenvalue weighted by atomic mass is 16.1. The van der Waals surface area contributed by atoms with E-state index in [1.54, 1.807) is 10.9 Å². The molecule has 2 heterocycles. The largest absolute Gasteiger partial charge is 0.348 e. The summed E-state index contributed by atoms with van der Waals surface area (Å²) in [6.07, 6.45) is 3.61. The Morgan fingerprint density at radius 1 is 1.29 bits per heavy atom. The first kappa shape index (κ1) is 16.0. The average molecular weight is 323 g/mol. The van der Waals surface area contributed by atoms with E-state index in [4.69, 9.17) is 0 Å². The monoisotopic (exact) mass is 323 g/mol. The number of imidazole rings is 1. The highest BCUT2D eigenvalue weighted by Gasteiger charge is 2.12. The van der Waals surface area contributed by atoms with Crippen molar-refractivity contribution < 1.29 is 4.79 Å². The Hall–Kier alpha value is -2.89. The van der Waals surface area contributed by atoms with Gasteiger partial charge in [0.1, 0.15) is 5.82 Å². The summed E-state index contributed by atoms with van der Waals surface area (Å²) in [5, 5.41) is 7.13. The number of hydrogen-bond acceptors (Lipinski definition) is 3. The van der Waals surface area contributed by atoms with Gasteiger partial charge in [0.25, 0.3) is 5.91 Å². The van der Waals surface area contributed by atoms with Gasteiger partial charge in [0.05, 0.1) is 12.2 Å². The van der Waals surface area contributed by atoms with Crippen LogP contribution in [-0.2, 0) is 6.54 Å². The average Bonchev–Trinajstić information content (AvgIpc) is 3.16. The molecule has 0 saturated heterocycles. The molecule has 0 bridgehead atoms. The van der Waals surface area contributed by atoms with Gasteiger partial charge < -0.3 is 10.3 Å². The molecule has 3 aromatic rings. The number of carbonyl (C=O) groups excluding carboxylic acids is 1. The zero-order chi connectivity index (χ0) is 17.1. The van der Waals surface area contributed by atoms with Gasteiger partial charge in [0.15, 0.2) is 0 Å². The summed E-state index contributed by atoms with van der Waals surface area (Å²) >= 11 is 0. The summed E-state index contributed by atoms with van der Waals surface area (Å²) in [6.45, 7) is 6.53. The Morgan fingerprint density at radius 3 is 2.62 bits per heavy atom. The van der Waals surface area contributed by atoms with E-state index in [1.807, 2.05) is 57.3 Å². The lowest BCUT2D eigenvalue weighted by molar-refractivity contribution is 0.0936. The van der Waals surface area contributed by atoms with Crippen LogP contribution in [0.4, 0.5) is 0 Å². The number of carbonyl (C=O) groups is 1. The maximum absolute atomic E-state index is 12.3. The number of rotatable bonds is 5. The second kappa shape index (κ2) is 6.70. The fraction of sp³-hybridized carbons (Fsp3) is 0.278. The zero-order valence-corrected chi connectivity index (χ0v) is 14.1. The van der Waals surface area contributed by atoms with Gasteiger partial charge in [-0.15, -0.1) is 0 Å². The third-order valence-corrected chi connectivity index (χ3v) is 3.82. The van der Waals surface area contributed by atoms with E-state index in [9.17, 15) is 4.79 Å². The van der Waals surface area contributed by atoms with Gasteiger partial charge in [-0.1, -0.05) is 12.1 Å². The molecule has 0 spiro atoms. The van der Waals surface area contributed by atoms with Crippen molar-refractivity contribution in [3.63, 3.8) is 0 Å². The third-order valence-electron chi connectivity index (χ3n) is 3.82. The molecule has 1 amide bonds. The number of nitrogens with zero attached hydrogens (tertiary/aromatic N) is 3. The van der Waals surface area contributed by atoms with E-state index in [1.165, 1.54) is 0 Å². The van der Waals surface area contributed by atoms with Crippen LogP contribution in [-0.4, -0.2) is 31.7 Å². The van der Waals surface area contributed by atoms with Crippen LogP contribution < -0.4 is 5.32 Å². The van der Waals surface area contributed by atoms with Crippen LogP contribution in [0.5, 0.6) is 0 Å². The summed E-state index contributed by atoms with van der Waals surface area (Å²) in [6, 6.07) is 9.37. The Balaban J connectivity index is 1.66. The smallest absolute Gasteiger partial charge is 0.251 e. The second-order valence-corrected chi connectivity index (χ2v) is 5.98. The van der Waals surface area contributed by atoms with Crippen LogP contribution in [0.3, 0.4) is 0 Å². The van der Waals surface area contributed by atoms with Crippen molar-refractivity contribution in [3.05, 3.63) is 59.8 Å². The van der Waals surface area contributed by atoms with E-state index in [0.717, 1.165) is 22.8 Å². The molecule has 2 aromatic heterocycles. The van der Waals surface area contributed by atoms with Crippen molar-refractivity contribution in [1.29, 1.82) is 0 Å². The molecule has 6 heteroatoms. The van der Waals surface area contributed by atoms with Crippen LogP contribution in [0.25, 0.3) is 11.3 Å². The zero-order valence-electron chi connectivity index (χ0n) is 14.1. The molecular formula is C18H21N5O. The maximum Gasteiger partial charge on any atom is 0.251 e. The fourth-order valence-corrected chi connectivity index (χ4v) is 2.71. The first-order valence-corrected chi connectivity index (χ1v) is 7.95. The lowest BCUT2D eigenvalue weighted by Crippen LogP contribution is -2.35. The lowest BCUT2D eigenvalue weighted by Gasteiger charge is -2.14. The summed E-state index contributed by atoms with van der Waals surface area (Å²) in [5.74, 6) is 0.799. The first-order chi connectivity index (χ1) is 11.5. The predicted molar refractivity (Wildman–Crippen MR) is 92.7 cm³/mol. The van der Waals surface area contributed by atoms with Crippen molar-refractivity contribution in [3.8, 4) is 11.3 Å². The molecule has 1 atom stereocenters. The second-order valence-electron chi connectivity index (χ2n) is 5.98. The molecule has 0 unspecified atom stereocenters. The number of aromatic amines is 1.